The van der Waals surface area contributed by atoms with Crippen molar-refractivity contribution < 1.29 is 22.7 Å². The summed E-state index contributed by atoms with van der Waals surface area (Å²) in [4.78, 5) is 12.0. The van der Waals surface area contributed by atoms with Crippen molar-refractivity contribution >= 4 is 11.7 Å². The van der Waals surface area contributed by atoms with Crippen molar-refractivity contribution in [1.82, 2.24) is 9.78 Å². The molecule has 0 atom stereocenters. The molecular formula is C17H20F3N3O2. The molecule has 8 heteroatoms. The van der Waals surface area contributed by atoms with Crippen molar-refractivity contribution in [2.75, 3.05) is 11.9 Å². The van der Waals surface area contributed by atoms with Crippen molar-refractivity contribution in [3.05, 3.63) is 41.6 Å². The van der Waals surface area contributed by atoms with Crippen molar-refractivity contribution in [3.63, 3.8) is 0 Å². The lowest BCUT2D eigenvalue weighted by Crippen LogP contribution is -2.22. The number of aromatic nitrogens is 2. The Hall–Kier alpha value is -2.51. The molecule has 1 aromatic heterocycles. The van der Waals surface area contributed by atoms with E-state index >= 15 is 0 Å². The van der Waals surface area contributed by atoms with Gasteiger partial charge in [0.1, 0.15) is 11.6 Å². The molecule has 2 rings (SSSR count). The van der Waals surface area contributed by atoms with E-state index in [1.54, 1.807) is 13.1 Å². The number of rotatable bonds is 4. The van der Waals surface area contributed by atoms with Crippen LogP contribution in [0.2, 0.25) is 0 Å². The predicted molar refractivity (Wildman–Crippen MR) is 87.5 cm³/mol. The van der Waals surface area contributed by atoms with Gasteiger partial charge < -0.3 is 10.1 Å². The van der Waals surface area contributed by atoms with E-state index in [9.17, 15) is 18.0 Å². The Labute approximate surface area is 143 Å². The standard InChI is InChI=1S/C17H20F3N3O2/c1-16(2,3)13-9-14(23(4)22-13)21-15(24)10-25-12-8-6-5-7-11(12)17(18,19)20/h5-9H,10H2,1-4H3,(H,21,24). The maximum absolute atomic E-state index is 12.9. The number of alkyl halides is 3. The van der Waals surface area contributed by atoms with Crippen LogP contribution in [0, 0.1) is 0 Å². The molecule has 0 aliphatic heterocycles. The minimum atomic E-state index is -4.54. The van der Waals surface area contributed by atoms with Crippen LogP contribution in [0.3, 0.4) is 0 Å². The molecule has 136 valence electrons. The van der Waals surface area contributed by atoms with E-state index in [2.05, 4.69) is 10.4 Å². The smallest absolute Gasteiger partial charge is 0.419 e. The van der Waals surface area contributed by atoms with Crippen LogP contribution in [0.4, 0.5) is 19.0 Å². The molecule has 0 spiro atoms. The average Bonchev–Trinajstić information content (AvgIpc) is 2.86. The van der Waals surface area contributed by atoms with E-state index in [1.807, 2.05) is 20.8 Å². The van der Waals surface area contributed by atoms with Gasteiger partial charge in [-0.3, -0.25) is 9.48 Å². The molecule has 2 aromatic rings. The molecule has 1 heterocycles. The lowest BCUT2D eigenvalue weighted by atomic mass is 9.92. The molecule has 0 aliphatic rings. The Bertz CT molecular complexity index is 761. The number of hydrogen-bond donors (Lipinski definition) is 1. The fourth-order valence-electron chi connectivity index (χ4n) is 2.10. The minimum Gasteiger partial charge on any atom is -0.483 e. The Morgan fingerprint density at radius 2 is 1.88 bits per heavy atom. The Morgan fingerprint density at radius 3 is 2.44 bits per heavy atom. The van der Waals surface area contributed by atoms with Gasteiger partial charge in [-0.05, 0) is 12.1 Å². The maximum Gasteiger partial charge on any atom is 0.419 e. The molecule has 0 aliphatic carbocycles. The molecule has 0 fully saturated rings. The first kappa shape index (κ1) is 18.8. The minimum absolute atomic E-state index is 0.192. The van der Waals surface area contributed by atoms with Crippen LogP contribution in [-0.2, 0) is 23.4 Å². The largest absolute Gasteiger partial charge is 0.483 e. The fraction of sp³-hybridized carbons (Fsp3) is 0.412. The summed E-state index contributed by atoms with van der Waals surface area (Å²) in [6.07, 6.45) is -4.54. The third-order valence-electron chi connectivity index (χ3n) is 3.47. The number of ether oxygens (including phenoxy) is 1. The zero-order valence-corrected chi connectivity index (χ0v) is 14.4. The van der Waals surface area contributed by atoms with Crippen molar-refractivity contribution in [2.24, 2.45) is 7.05 Å². The number of aryl methyl sites for hydroxylation is 1. The fourth-order valence-corrected chi connectivity index (χ4v) is 2.10. The molecule has 0 saturated carbocycles. The average molecular weight is 355 g/mol. The zero-order valence-electron chi connectivity index (χ0n) is 14.4. The molecular weight excluding hydrogens is 335 g/mol. The Balaban J connectivity index is 2.04. The van der Waals surface area contributed by atoms with Gasteiger partial charge in [-0.2, -0.15) is 18.3 Å². The Morgan fingerprint density at radius 1 is 1.24 bits per heavy atom. The summed E-state index contributed by atoms with van der Waals surface area (Å²) >= 11 is 0. The number of anilines is 1. The maximum atomic E-state index is 12.9. The van der Waals surface area contributed by atoms with E-state index in [0.29, 0.717) is 5.82 Å². The van der Waals surface area contributed by atoms with Crippen molar-refractivity contribution in [2.45, 2.75) is 32.4 Å². The highest BCUT2D eigenvalue weighted by atomic mass is 19.4. The van der Waals surface area contributed by atoms with Gasteiger partial charge in [0.2, 0.25) is 0 Å². The van der Waals surface area contributed by atoms with E-state index in [-0.39, 0.29) is 11.2 Å². The second-order valence-electron chi connectivity index (χ2n) is 6.62. The van der Waals surface area contributed by atoms with Gasteiger partial charge in [-0.25, -0.2) is 0 Å². The summed E-state index contributed by atoms with van der Waals surface area (Å²) in [7, 11) is 1.67. The van der Waals surface area contributed by atoms with Crippen LogP contribution < -0.4 is 10.1 Å². The highest BCUT2D eigenvalue weighted by molar-refractivity contribution is 5.91. The summed E-state index contributed by atoms with van der Waals surface area (Å²) in [5.41, 5.74) is -0.324. The Kier molecular flexibility index (Phi) is 5.10. The van der Waals surface area contributed by atoms with Gasteiger partial charge >= 0.3 is 6.18 Å². The van der Waals surface area contributed by atoms with E-state index in [0.717, 1.165) is 11.8 Å². The van der Waals surface area contributed by atoms with Crippen LogP contribution >= 0.6 is 0 Å². The number of nitrogens with one attached hydrogen (secondary N) is 1. The summed E-state index contributed by atoms with van der Waals surface area (Å²) in [5.74, 6) is -0.506. The van der Waals surface area contributed by atoms with E-state index < -0.39 is 24.3 Å². The number of halogens is 3. The molecule has 1 amide bonds. The van der Waals surface area contributed by atoms with Crippen molar-refractivity contribution in [3.8, 4) is 5.75 Å². The molecule has 0 bridgehead atoms. The topological polar surface area (TPSA) is 56.2 Å². The first-order chi connectivity index (χ1) is 11.5. The number of benzene rings is 1. The number of hydrogen-bond acceptors (Lipinski definition) is 3. The van der Waals surface area contributed by atoms with Crippen LogP contribution in [0.25, 0.3) is 0 Å². The number of para-hydroxylation sites is 1. The summed E-state index contributed by atoms with van der Waals surface area (Å²) in [6, 6.07) is 6.49. The second kappa shape index (κ2) is 6.78. The second-order valence-corrected chi connectivity index (χ2v) is 6.62. The van der Waals surface area contributed by atoms with Gasteiger partial charge in [0.15, 0.2) is 6.61 Å². The third kappa shape index (κ3) is 4.74. The SMILES string of the molecule is Cn1nc(C(C)(C)C)cc1NC(=O)COc1ccccc1C(F)(F)F. The van der Waals surface area contributed by atoms with Gasteiger partial charge in [-0.1, -0.05) is 32.9 Å². The molecule has 1 N–H and O–H groups in total. The summed E-state index contributed by atoms with van der Waals surface area (Å²) in [6.45, 7) is 5.41. The highest BCUT2D eigenvalue weighted by Gasteiger charge is 2.34. The van der Waals surface area contributed by atoms with Crippen molar-refractivity contribution in [1.29, 1.82) is 0 Å². The summed E-state index contributed by atoms with van der Waals surface area (Å²) < 4.78 is 45.2. The molecule has 0 radical (unpaired) electrons. The number of carbonyl (C=O) groups excluding carboxylic acids is 1. The quantitative estimate of drug-likeness (QED) is 0.909. The lowest BCUT2D eigenvalue weighted by molar-refractivity contribution is -0.139. The van der Waals surface area contributed by atoms with E-state index in [1.165, 1.54) is 22.9 Å². The normalized spacial score (nSPS) is 12.1. The van der Waals surface area contributed by atoms with Gasteiger partial charge in [0.05, 0.1) is 11.3 Å². The predicted octanol–water partition coefficient (Wildman–Crippen LogP) is 3.75. The van der Waals surface area contributed by atoms with Crippen LogP contribution in [0.15, 0.2) is 30.3 Å². The van der Waals surface area contributed by atoms with Gasteiger partial charge in [0.25, 0.3) is 5.91 Å². The molecule has 1 aromatic carbocycles. The van der Waals surface area contributed by atoms with Crippen LogP contribution in [0.5, 0.6) is 5.75 Å². The van der Waals surface area contributed by atoms with Crippen LogP contribution in [-0.4, -0.2) is 22.3 Å². The third-order valence-corrected chi connectivity index (χ3v) is 3.47. The molecule has 0 saturated heterocycles. The molecule has 25 heavy (non-hydrogen) atoms. The summed E-state index contributed by atoms with van der Waals surface area (Å²) in [5, 5.41) is 6.90. The van der Waals surface area contributed by atoms with E-state index in [4.69, 9.17) is 4.74 Å². The lowest BCUT2D eigenvalue weighted by Gasteiger charge is -2.13. The van der Waals surface area contributed by atoms with Gasteiger partial charge in [0, 0.05) is 18.5 Å². The number of carbonyl (C=O) groups is 1. The monoisotopic (exact) mass is 355 g/mol. The van der Waals surface area contributed by atoms with Crippen LogP contribution in [0.1, 0.15) is 32.0 Å². The number of nitrogens with zero attached hydrogens (tertiary/aromatic N) is 2. The first-order valence-electron chi connectivity index (χ1n) is 7.62. The molecule has 5 nitrogen and oxygen atoms in total. The number of amides is 1. The highest BCUT2D eigenvalue weighted by Crippen LogP contribution is 2.35. The zero-order chi connectivity index (χ0) is 18.8. The first-order valence-corrected chi connectivity index (χ1v) is 7.62. The van der Waals surface area contributed by atoms with Gasteiger partial charge in [-0.15, -0.1) is 0 Å². The molecule has 0 unspecified atom stereocenters.